The first kappa shape index (κ1) is 21.7. The summed E-state index contributed by atoms with van der Waals surface area (Å²) in [6.45, 7) is 3.33. The molecule has 0 rings (SSSR count). The van der Waals surface area contributed by atoms with E-state index in [1.807, 2.05) is 0 Å². The van der Waals surface area contributed by atoms with Gasteiger partial charge in [-0.15, -0.1) is 0 Å². The van der Waals surface area contributed by atoms with Gasteiger partial charge in [0.15, 0.2) is 6.30 Å². The molecule has 0 amide bonds. The first-order valence-electron chi connectivity index (χ1n) is 7.91. The van der Waals surface area contributed by atoms with Crippen molar-refractivity contribution in [3.63, 3.8) is 0 Å². The molecule has 0 aliphatic heterocycles. The summed E-state index contributed by atoms with van der Waals surface area (Å²) in [6.07, 6.45) is 11.7. The Kier molecular flexibility index (Phi) is 17.8. The third-order valence-corrected chi connectivity index (χ3v) is 3.11. The van der Waals surface area contributed by atoms with Gasteiger partial charge in [0.1, 0.15) is 0 Å². The molecule has 0 aromatic heterocycles. The molecule has 0 fully saturated rings. The zero-order valence-electron chi connectivity index (χ0n) is 13.8. The molecule has 1 atom stereocenters. The lowest BCUT2D eigenvalue weighted by molar-refractivity contribution is -0.134. The average molecular weight is 291 g/mol. The normalized spacial score (nSPS) is 11.9. The molecule has 0 saturated carbocycles. The van der Waals surface area contributed by atoms with Crippen LogP contribution in [0.2, 0.25) is 0 Å². The van der Waals surface area contributed by atoms with Gasteiger partial charge in [0, 0.05) is 6.92 Å². The Balaban J connectivity index is 0. The molecular formula is C16H34FNO2. The van der Waals surface area contributed by atoms with Crippen molar-refractivity contribution in [1.29, 1.82) is 0 Å². The molecule has 122 valence electrons. The number of carboxylic acids is 1. The number of hydrogen-bond acceptors (Lipinski definition) is 2. The number of halogens is 1. The Morgan fingerprint density at radius 2 is 1.35 bits per heavy atom. The molecule has 0 saturated heterocycles. The molecule has 4 heteroatoms. The van der Waals surface area contributed by atoms with Crippen LogP contribution >= 0.6 is 0 Å². The minimum absolute atomic E-state index is 0.697. The van der Waals surface area contributed by atoms with Crippen molar-refractivity contribution in [2.45, 2.75) is 84.4 Å². The van der Waals surface area contributed by atoms with E-state index >= 15 is 0 Å². The van der Waals surface area contributed by atoms with Crippen molar-refractivity contribution in [1.82, 2.24) is 4.90 Å². The van der Waals surface area contributed by atoms with Gasteiger partial charge in [0.05, 0.1) is 0 Å². The number of aliphatic carboxylic acids is 1. The highest BCUT2D eigenvalue weighted by molar-refractivity contribution is 5.62. The van der Waals surface area contributed by atoms with E-state index < -0.39 is 12.3 Å². The lowest BCUT2D eigenvalue weighted by Gasteiger charge is -2.15. The van der Waals surface area contributed by atoms with Crippen molar-refractivity contribution >= 4 is 5.97 Å². The molecular weight excluding hydrogens is 257 g/mol. The van der Waals surface area contributed by atoms with Crippen molar-refractivity contribution in [2.24, 2.45) is 0 Å². The fourth-order valence-electron chi connectivity index (χ4n) is 1.88. The van der Waals surface area contributed by atoms with Crippen molar-refractivity contribution in [3.8, 4) is 0 Å². The molecule has 0 bridgehead atoms. The van der Waals surface area contributed by atoms with Gasteiger partial charge in [-0.2, -0.15) is 0 Å². The van der Waals surface area contributed by atoms with Crippen LogP contribution < -0.4 is 0 Å². The van der Waals surface area contributed by atoms with Crippen LogP contribution in [0.3, 0.4) is 0 Å². The van der Waals surface area contributed by atoms with Crippen molar-refractivity contribution in [2.75, 3.05) is 14.1 Å². The van der Waals surface area contributed by atoms with Gasteiger partial charge in [-0.25, -0.2) is 4.39 Å². The summed E-state index contributed by atoms with van der Waals surface area (Å²) in [5.74, 6) is -0.833. The SMILES string of the molecule is CC(=O)O.CCCCCCCCCCCC(F)N(C)C. The molecule has 1 unspecified atom stereocenters. The number of rotatable bonds is 11. The predicted octanol–water partition coefficient (Wildman–Crippen LogP) is 4.86. The third kappa shape index (κ3) is 22.5. The summed E-state index contributed by atoms with van der Waals surface area (Å²) in [5, 5.41) is 7.42. The van der Waals surface area contributed by atoms with E-state index in [9.17, 15) is 4.39 Å². The minimum Gasteiger partial charge on any atom is -0.481 e. The maximum atomic E-state index is 13.2. The number of carboxylic acid groups (broad SMARTS) is 1. The Bertz CT molecular complexity index is 207. The smallest absolute Gasteiger partial charge is 0.300 e. The third-order valence-electron chi connectivity index (χ3n) is 3.11. The van der Waals surface area contributed by atoms with Gasteiger partial charge >= 0.3 is 0 Å². The Morgan fingerprint density at radius 3 is 1.70 bits per heavy atom. The lowest BCUT2D eigenvalue weighted by Crippen LogP contribution is -2.22. The quantitative estimate of drug-likeness (QED) is 0.437. The lowest BCUT2D eigenvalue weighted by atomic mass is 10.1. The zero-order valence-corrected chi connectivity index (χ0v) is 13.8. The number of carbonyl (C=O) groups is 1. The van der Waals surface area contributed by atoms with Gasteiger partial charge in [0.2, 0.25) is 0 Å². The van der Waals surface area contributed by atoms with E-state index in [4.69, 9.17) is 9.90 Å². The molecule has 0 aromatic rings. The standard InChI is InChI=1S/C14H30FN.C2H4O2/c1-4-5-6-7-8-9-10-11-12-13-14(15)16(2)3;1-2(3)4/h14H,4-13H2,1-3H3;1H3,(H,3,4). The van der Waals surface area contributed by atoms with E-state index in [1.54, 1.807) is 19.0 Å². The van der Waals surface area contributed by atoms with Crippen molar-refractivity contribution < 1.29 is 14.3 Å². The Labute approximate surface area is 124 Å². The van der Waals surface area contributed by atoms with Crippen LogP contribution in [-0.2, 0) is 4.79 Å². The van der Waals surface area contributed by atoms with Crippen LogP contribution in [0, 0.1) is 0 Å². The fourth-order valence-corrected chi connectivity index (χ4v) is 1.88. The minimum atomic E-state index is -0.833. The number of unbranched alkanes of at least 4 members (excludes halogenated alkanes) is 8. The topological polar surface area (TPSA) is 40.5 Å². The summed E-state index contributed by atoms with van der Waals surface area (Å²) in [7, 11) is 3.61. The van der Waals surface area contributed by atoms with E-state index in [2.05, 4.69) is 6.92 Å². The summed E-state index contributed by atoms with van der Waals surface area (Å²) in [4.78, 5) is 10.7. The summed E-state index contributed by atoms with van der Waals surface area (Å²) >= 11 is 0. The second-order valence-corrected chi connectivity index (χ2v) is 5.53. The maximum Gasteiger partial charge on any atom is 0.300 e. The van der Waals surface area contributed by atoms with E-state index in [0.29, 0.717) is 6.42 Å². The second-order valence-electron chi connectivity index (χ2n) is 5.53. The van der Waals surface area contributed by atoms with Crippen molar-refractivity contribution in [3.05, 3.63) is 0 Å². The van der Waals surface area contributed by atoms with Gasteiger partial charge < -0.3 is 5.11 Å². The molecule has 3 nitrogen and oxygen atoms in total. The van der Waals surface area contributed by atoms with Gasteiger partial charge in [-0.05, 0) is 26.9 Å². The highest BCUT2D eigenvalue weighted by atomic mass is 19.1. The van der Waals surface area contributed by atoms with Crippen LogP contribution in [0.25, 0.3) is 0 Å². The molecule has 0 aromatic carbocycles. The number of nitrogens with zero attached hydrogens (tertiary/aromatic N) is 1. The summed E-state index contributed by atoms with van der Waals surface area (Å²) in [6, 6.07) is 0. The predicted molar refractivity (Wildman–Crippen MR) is 83.7 cm³/mol. The molecule has 0 aliphatic rings. The molecule has 0 radical (unpaired) electrons. The highest BCUT2D eigenvalue weighted by Crippen LogP contribution is 2.12. The average Bonchev–Trinajstić information content (AvgIpc) is 2.35. The van der Waals surface area contributed by atoms with Gasteiger partial charge in [0.25, 0.3) is 5.97 Å². The first-order chi connectivity index (χ1) is 9.41. The number of hydrogen-bond donors (Lipinski definition) is 1. The molecule has 0 heterocycles. The zero-order chi connectivity index (χ0) is 15.8. The monoisotopic (exact) mass is 291 g/mol. The van der Waals surface area contributed by atoms with Gasteiger partial charge in [-0.3, -0.25) is 9.69 Å². The van der Waals surface area contributed by atoms with Crippen LogP contribution in [0.1, 0.15) is 78.1 Å². The second kappa shape index (κ2) is 16.4. The first-order valence-corrected chi connectivity index (χ1v) is 7.91. The van der Waals surface area contributed by atoms with E-state index in [1.165, 1.54) is 51.4 Å². The van der Waals surface area contributed by atoms with Crippen LogP contribution in [0.5, 0.6) is 0 Å². The van der Waals surface area contributed by atoms with E-state index in [0.717, 1.165) is 13.3 Å². The van der Waals surface area contributed by atoms with E-state index in [-0.39, 0.29) is 0 Å². The summed E-state index contributed by atoms with van der Waals surface area (Å²) in [5.41, 5.74) is 0. The molecule has 0 aliphatic carbocycles. The number of alkyl halides is 1. The Morgan fingerprint density at radius 1 is 1.00 bits per heavy atom. The summed E-state index contributed by atoms with van der Waals surface area (Å²) < 4.78 is 13.2. The fraction of sp³-hybridized carbons (Fsp3) is 0.938. The highest BCUT2D eigenvalue weighted by Gasteiger charge is 2.07. The van der Waals surface area contributed by atoms with Gasteiger partial charge in [-0.1, -0.05) is 58.3 Å². The largest absolute Gasteiger partial charge is 0.481 e. The maximum absolute atomic E-state index is 13.2. The molecule has 20 heavy (non-hydrogen) atoms. The molecule has 1 N–H and O–H groups in total. The Hall–Kier alpha value is -0.640. The molecule has 0 spiro atoms. The van der Waals surface area contributed by atoms with Crippen LogP contribution in [0.4, 0.5) is 4.39 Å². The van der Waals surface area contributed by atoms with Crippen LogP contribution in [0.15, 0.2) is 0 Å². The van der Waals surface area contributed by atoms with Crippen LogP contribution in [-0.4, -0.2) is 36.4 Å².